The van der Waals surface area contributed by atoms with Crippen LogP contribution in [-0.4, -0.2) is 0 Å². The van der Waals surface area contributed by atoms with Crippen molar-refractivity contribution in [1.82, 2.24) is 0 Å². The van der Waals surface area contributed by atoms with E-state index in [1.165, 1.54) is 18.4 Å². The Morgan fingerprint density at radius 1 is 1.28 bits per heavy atom. The molecular formula is C15H18BrNO. The van der Waals surface area contributed by atoms with E-state index in [4.69, 9.17) is 10.2 Å². The van der Waals surface area contributed by atoms with Gasteiger partial charge in [0.25, 0.3) is 0 Å². The van der Waals surface area contributed by atoms with E-state index in [9.17, 15) is 0 Å². The molecule has 0 radical (unpaired) electrons. The highest BCUT2D eigenvalue weighted by molar-refractivity contribution is 9.10. The van der Waals surface area contributed by atoms with Gasteiger partial charge in [0.1, 0.15) is 11.3 Å². The van der Waals surface area contributed by atoms with E-state index in [2.05, 4.69) is 48.0 Å². The van der Waals surface area contributed by atoms with Crippen LogP contribution in [0.5, 0.6) is 0 Å². The Labute approximate surface area is 116 Å². The third kappa shape index (κ3) is 2.10. The molecule has 1 saturated carbocycles. The molecule has 0 aliphatic heterocycles. The number of fused-ring (bicyclic) bond motifs is 1. The molecule has 96 valence electrons. The summed E-state index contributed by atoms with van der Waals surface area (Å²) in [6.45, 7) is 4.37. The molecule has 1 atom stereocenters. The summed E-state index contributed by atoms with van der Waals surface area (Å²) >= 11 is 3.57. The highest BCUT2D eigenvalue weighted by atomic mass is 79.9. The van der Waals surface area contributed by atoms with Crippen molar-refractivity contribution in [3.8, 4) is 0 Å². The molecule has 0 bridgehead atoms. The van der Waals surface area contributed by atoms with E-state index in [0.717, 1.165) is 21.2 Å². The highest BCUT2D eigenvalue weighted by Gasteiger charge is 2.31. The second kappa shape index (κ2) is 4.39. The van der Waals surface area contributed by atoms with Gasteiger partial charge in [-0.1, -0.05) is 29.8 Å². The average molecular weight is 308 g/mol. The van der Waals surface area contributed by atoms with Crippen LogP contribution in [0.15, 0.2) is 27.1 Å². The van der Waals surface area contributed by atoms with Crippen LogP contribution in [0.1, 0.15) is 50.0 Å². The molecule has 3 rings (SSSR count). The van der Waals surface area contributed by atoms with Crippen molar-refractivity contribution in [2.24, 2.45) is 11.7 Å². The second-order valence-corrected chi connectivity index (χ2v) is 6.50. The second-order valence-electron chi connectivity index (χ2n) is 5.58. The first kappa shape index (κ1) is 12.2. The summed E-state index contributed by atoms with van der Waals surface area (Å²) in [7, 11) is 0. The Kier molecular flexibility index (Phi) is 2.99. The largest absolute Gasteiger partial charge is 0.459 e. The molecular weight excluding hydrogens is 290 g/mol. The Bertz CT molecular complexity index is 583. The molecule has 1 unspecified atom stereocenters. The lowest BCUT2D eigenvalue weighted by Gasteiger charge is -2.07. The van der Waals surface area contributed by atoms with Crippen molar-refractivity contribution in [3.05, 3.63) is 34.0 Å². The van der Waals surface area contributed by atoms with E-state index in [0.29, 0.717) is 11.8 Å². The van der Waals surface area contributed by atoms with Gasteiger partial charge in [-0.2, -0.15) is 0 Å². The summed E-state index contributed by atoms with van der Waals surface area (Å²) in [5.74, 6) is 2.00. The first-order chi connectivity index (χ1) is 8.56. The minimum Gasteiger partial charge on any atom is -0.459 e. The van der Waals surface area contributed by atoms with Crippen LogP contribution in [0.25, 0.3) is 11.0 Å². The number of rotatable bonds is 3. The van der Waals surface area contributed by atoms with Gasteiger partial charge >= 0.3 is 0 Å². The van der Waals surface area contributed by atoms with Crippen LogP contribution in [0.4, 0.5) is 0 Å². The molecule has 0 spiro atoms. The molecule has 3 heteroatoms. The summed E-state index contributed by atoms with van der Waals surface area (Å²) in [4.78, 5) is 0. The van der Waals surface area contributed by atoms with Crippen LogP contribution in [0.3, 0.4) is 0 Å². The summed E-state index contributed by atoms with van der Waals surface area (Å²) in [5.41, 5.74) is 8.47. The third-order valence-corrected chi connectivity index (χ3v) is 4.17. The molecule has 0 saturated heterocycles. The topological polar surface area (TPSA) is 39.2 Å². The summed E-state index contributed by atoms with van der Waals surface area (Å²) in [6, 6.07) is 6.42. The fourth-order valence-electron chi connectivity index (χ4n) is 2.44. The predicted octanol–water partition coefficient (Wildman–Crippen LogP) is 4.73. The summed E-state index contributed by atoms with van der Waals surface area (Å²) < 4.78 is 7.14. The van der Waals surface area contributed by atoms with Crippen molar-refractivity contribution in [3.63, 3.8) is 0 Å². The molecule has 1 aromatic carbocycles. The predicted molar refractivity (Wildman–Crippen MR) is 77.7 cm³/mol. The Morgan fingerprint density at radius 2 is 2.00 bits per heavy atom. The summed E-state index contributed by atoms with van der Waals surface area (Å²) in [6.07, 6.45) is 2.47. The van der Waals surface area contributed by atoms with Gasteiger partial charge in [0, 0.05) is 9.86 Å². The molecule has 1 fully saturated rings. The molecule has 2 N–H and O–H groups in total. The van der Waals surface area contributed by atoms with Crippen LogP contribution in [0, 0.1) is 5.92 Å². The number of benzene rings is 1. The van der Waals surface area contributed by atoms with E-state index < -0.39 is 0 Å². The van der Waals surface area contributed by atoms with E-state index in [1.54, 1.807) is 0 Å². The summed E-state index contributed by atoms with van der Waals surface area (Å²) in [5, 5.41) is 1.15. The molecule has 2 aromatic rings. The van der Waals surface area contributed by atoms with Gasteiger partial charge in [-0.25, -0.2) is 0 Å². The molecule has 1 aromatic heterocycles. The highest BCUT2D eigenvalue weighted by Crippen LogP contribution is 2.42. The molecule has 1 aliphatic carbocycles. The zero-order valence-corrected chi connectivity index (χ0v) is 12.3. The third-order valence-electron chi connectivity index (χ3n) is 3.71. The first-order valence-corrected chi connectivity index (χ1v) is 7.34. The lowest BCUT2D eigenvalue weighted by molar-refractivity contribution is 0.464. The Hall–Kier alpha value is -0.800. The maximum absolute atomic E-state index is 6.22. The van der Waals surface area contributed by atoms with Crippen molar-refractivity contribution < 1.29 is 4.42 Å². The normalized spacial score (nSPS) is 17.6. The number of hydrogen-bond donors (Lipinski definition) is 1. The van der Waals surface area contributed by atoms with E-state index in [-0.39, 0.29) is 6.04 Å². The monoisotopic (exact) mass is 307 g/mol. The maximum atomic E-state index is 6.22. The lowest BCUT2D eigenvalue weighted by Crippen LogP contribution is -2.10. The molecule has 1 heterocycles. The van der Waals surface area contributed by atoms with Gasteiger partial charge in [-0.15, -0.1) is 0 Å². The molecule has 2 nitrogen and oxygen atoms in total. The van der Waals surface area contributed by atoms with Gasteiger partial charge < -0.3 is 10.2 Å². The number of nitrogens with two attached hydrogens (primary N) is 1. The maximum Gasteiger partial charge on any atom is 0.137 e. The van der Waals surface area contributed by atoms with E-state index >= 15 is 0 Å². The minimum atomic E-state index is 0.0659. The van der Waals surface area contributed by atoms with E-state index in [1.807, 2.05) is 0 Å². The van der Waals surface area contributed by atoms with Gasteiger partial charge in [-0.3, -0.25) is 0 Å². The van der Waals surface area contributed by atoms with Crippen molar-refractivity contribution in [2.45, 2.75) is 38.6 Å². The Balaban J connectivity index is 2.12. The smallest absolute Gasteiger partial charge is 0.137 e. The van der Waals surface area contributed by atoms with Gasteiger partial charge in [-0.05, 0) is 48.4 Å². The van der Waals surface area contributed by atoms with Crippen LogP contribution >= 0.6 is 15.9 Å². The fraction of sp³-hybridized carbons (Fsp3) is 0.467. The average Bonchev–Trinajstić information content (AvgIpc) is 3.07. The van der Waals surface area contributed by atoms with Gasteiger partial charge in [0.15, 0.2) is 0 Å². The van der Waals surface area contributed by atoms with Crippen molar-refractivity contribution in [1.29, 1.82) is 0 Å². The van der Waals surface area contributed by atoms with Gasteiger partial charge in [0.2, 0.25) is 0 Å². The van der Waals surface area contributed by atoms with Crippen molar-refractivity contribution in [2.75, 3.05) is 0 Å². The number of halogens is 1. The van der Waals surface area contributed by atoms with Gasteiger partial charge in [0.05, 0.1) is 6.04 Å². The molecule has 18 heavy (non-hydrogen) atoms. The van der Waals surface area contributed by atoms with Crippen molar-refractivity contribution >= 4 is 26.9 Å². The lowest BCUT2D eigenvalue weighted by atomic mass is 10.0. The Morgan fingerprint density at radius 3 is 2.61 bits per heavy atom. The minimum absolute atomic E-state index is 0.0659. The SMILES string of the molecule is CC(C)c1cc(Br)cc2cc(C(N)C3CC3)oc12. The molecule has 1 aliphatic rings. The standard InChI is InChI=1S/C15H18BrNO/c1-8(2)12-7-11(16)5-10-6-13(18-15(10)12)14(17)9-3-4-9/h5-9,14H,3-4,17H2,1-2H3. The van der Waals surface area contributed by atoms with Crippen LogP contribution in [-0.2, 0) is 0 Å². The quantitative estimate of drug-likeness (QED) is 0.890. The fourth-order valence-corrected chi connectivity index (χ4v) is 2.94. The first-order valence-electron chi connectivity index (χ1n) is 6.54. The zero-order chi connectivity index (χ0) is 12.9. The number of furan rings is 1. The van der Waals surface area contributed by atoms with Crippen LogP contribution < -0.4 is 5.73 Å². The van der Waals surface area contributed by atoms with Crippen LogP contribution in [0.2, 0.25) is 0 Å². The number of hydrogen-bond acceptors (Lipinski definition) is 2. The molecule has 0 amide bonds. The zero-order valence-electron chi connectivity index (χ0n) is 10.7.